The van der Waals surface area contributed by atoms with Gasteiger partial charge >= 0.3 is 0 Å². The summed E-state index contributed by atoms with van der Waals surface area (Å²) in [6.45, 7) is 10.5. The maximum Gasteiger partial charge on any atom is 0.0641 e. The van der Waals surface area contributed by atoms with Gasteiger partial charge in [-0.3, -0.25) is 0 Å². The molecule has 0 aromatic rings. The fraction of sp³-hybridized carbons (Fsp3) is 1.00. The van der Waals surface area contributed by atoms with Crippen molar-refractivity contribution in [3.63, 3.8) is 0 Å². The van der Waals surface area contributed by atoms with Crippen LogP contribution in [-0.2, 0) is 9.47 Å². The van der Waals surface area contributed by atoms with Crippen molar-refractivity contribution in [3.8, 4) is 0 Å². The minimum absolute atomic E-state index is 0.0383. The van der Waals surface area contributed by atoms with Gasteiger partial charge in [0.05, 0.1) is 11.2 Å². The van der Waals surface area contributed by atoms with E-state index in [9.17, 15) is 0 Å². The van der Waals surface area contributed by atoms with Gasteiger partial charge in [-0.15, -0.1) is 0 Å². The summed E-state index contributed by atoms with van der Waals surface area (Å²) in [5.41, 5.74) is 0.0766. The molecule has 2 saturated heterocycles. The lowest BCUT2D eigenvalue weighted by atomic mass is 9.90. The molecule has 2 aliphatic rings. The third-order valence-corrected chi connectivity index (χ3v) is 3.87. The van der Waals surface area contributed by atoms with Crippen LogP contribution in [0, 0.1) is 0 Å². The highest BCUT2D eigenvalue weighted by atomic mass is 16.5. The Kier molecular flexibility index (Phi) is 3.81. The van der Waals surface area contributed by atoms with E-state index >= 15 is 0 Å². The molecule has 2 rings (SSSR count). The van der Waals surface area contributed by atoms with Gasteiger partial charge in [0.2, 0.25) is 0 Å². The first kappa shape index (κ1) is 13.3. The summed E-state index contributed by atoms with van der Waals surface area (Å²) < 4.78 is 11.5. The molecule has 0 aromatic heterocycles. The normalized spacial score (nSPS) is 36.7. The second kappa shape index (κ2) is 4.87. The van der Waals surface area contributed by atoms with E-state index < -0.39 is 0 Å². The van der Waals surface area contributed by atoms with E-state index in [1.165, 1.54) is 0 Å². The summed E-state index contributed by atoms with van der Waals surface area (Å²) in [6, 6.07) is 1.22. The minimum atomic E-state index is 0.0383. The van der Waals surface area contributed by atoms with Crippen LogP contribution in [-0.4, -0.2) is 36.5 Å². The molecule has 2 atom stereocenters. The number of nitrogens with one attached hydrogen (secondary N) is 1. The summed E-state index contributed by atoms with van der Waals surface area (Å²) in [4.78, 5) is 0. The minimum Gasteiger partial charge on any atom is -0.375 e. The zero-order valence-electron chi connectivity index (χ0n) is 11.7. The van der Waals surface area contributed by atoms with Crippen LogP contribution in [0.4, 0.5) is 0 Å². The van der Waals surface area contributed by atoms with Gasteiger partial charge in [0.15, 0.2) is 0 Å². The lowest BCUT2D eigenvalue weighted by molar-refractivity contribution is -0.0804. The van der Waals surface area contributed by atoms with E-state index in [4.69, 9.17) is 9.47 Å². The fourth-order valence-electron chi connectivity index (χ4n) is 3.08. The SMILES string of the molecule is CC1(C)CC(NC2CCOC(C)(C)C2)CCO1. The molecule has 17 heavy (non-hydrogen) atoms. The summed E-state index contributed by atoms with van der Waals surface area (Å²) in [6.07, 6.45) is 4.51. The third-order valence-electron chi connectivity index (χ3n) is 3.87. The van der Waals surface area contributed by atoms with E-state index in [2.05, 4.69) is 33.0 Å². The van der Waals surface area contributed by atoms with Crippen LogP contribution in [0.15, 0.2) is 0 Å². The second-order valence-corrected chi connectivity index (χ2v) is 6.76. The summed E-state index contributed by atoms with van der Waals surface area (Å²) in [5.74, 6) is 0. The van der Waals surface area contributed by atoms with Crippen molar-refractivity contribution in [1.82, 2.24) is 5.32 Å². The maximum atomic E-state index is 5.76. The molecule has 0 saturated carbocycles. The van der Waals surface area contributed by atoms with Crippen molar-refractivity contribution in [2.75, 3.05) is 13.2 Å². The van der Waals surface area contributed by atoms with Crippen molar-refractivity contribution in [1.29, 1.82) is 0 Å². The highest BCUT2D eigenvalue weighted by molar-refractivity contribution is 4.89. The van der Waals surface area contributed by atoms with Gasteiger partial charge in [-0.1, -0.05) is 0 Å². The molecule has 2 fully saturated rings. The number of rotatable bonds is 2. The molecule has 3 nitrogen and oxygen atoms in total. The average Bonchev–Trinajstić information content (AvgIpc) is 2.13. The quantitative estimate of drug-likeness (QED) is 0.805. The number of ether oxygens (including phenoxy) is 2. The van der Waals surface area contributed by atoms with Crippen molar-refractivity contribution >= 4 is 0 Å². The van der Waals surface area contributed by atoms with Gasteiger partial charge in [0, 0.05) is 25.3 Å². The van der Waals surface area contributed by atoms with Gasteiger partial charge in [0.1, 0.15) is 0 Å². The van der Waals surface area contributed by atoms with Crippen molar-refractivity contribution in [2.45, 2.75) is 76.7 Å². The van der Waals surface area contributed by atoms with Crippen molar-refractivity contribution < 1.29 is 9.47 Å². The highest BCUT2D eigenvalue weighted by Gasteiger charge is 2.33. The standard InChI is InChI=1S/C14H27NO2/c1-13(2)9-11(5-7-16-13)15-12-6-8-17-14(3,4)10-12/h11-12,15H,5-10H2,1-4H3. The Hall–Kier alpha value is -0.120. The summed E-state index contributed by atoms with van der Waals surface area (Å²) in [7, 11) is 0. The first-order chi connectivity index (χ1) is 7.86. The van der Waals surface area contributed by atoms with Gasteiger partial charge in [-0.25, -0.2) is 0 Å². The van der Waals surface area contributed by atoms with Crippen LogP contribution in [0.3, 0.4) is 0 Å². The Morgan fingerprint density at radius 1 is 0.824 bits per heavy atom. The molecule has 0 radical (unpaired) electrons. The highest BCUT2D eigenvalue weighted by Crippen LogP contribution is 2.28. The molecule has 0 spiro atoms. The van der Waals surface area contributed by atoms with E-state index in [-0.39, 0.29) is 11.2 Å². The Bertz CT molecular complexity index is 237. The maximum absolute atomic E-state index is 5.76. The number of hydrogen-bond donors (Lipinski definition) is 1. The van der Waals surface area contributed by atoms with E-state index in [1.807, 2.05) is 0 Å². The molecular formula is C14H27NO2. The van der Waals surface area contributed by atoms with E-state index in [1.54, 1.807) is 0 Å². The van der Waals surface area contributed by atoms with Crippen LogP contribution >= 0.6 is 0 Å². The van der Waals surface area contributed by atoms with Crippen LogP contribution in [0.5, 0.6) is 0 Å². The Labute approximate surface area is 105 Å². The van der Waals surface area contributed by atoms with Gasteiger partial charge < -0.3 is 14.8 Å². The predicted octanol–water partition coefficient (Wildman–Crippen LogP) is 2.49. The average molecular weight is 241 g/mol. The van der Waals surface area contributed by atoms with Crippen molar-refractivity contribution in [3.05, 3.63) is 0 Å². The molecule has 2 aliphatic heterocycles. The lowest BCUT2D eigenvalue weighted by Crippen LogP contribution is -2.51. The largest absolute Gasteiger partial charge is 0.375 e. The fourth-order valence-corrected chi connectivity index (χ4v) is 3.08. The predicted molar refractivity (Wildman–Crippen MR) is 69.2 cm³/mol. The molecule has 1 N–H and O–H groups in total. The van der Waals surface area contributed by atoms with Crippen LogP contribution in [0.1, 0.15) is 53.4 Å². The lowest BCUT2D eigenvalue weighted by Gasteiger charge is -2.41. The molecule has 0 bridgehead atoms. The monoisotopic (exact) mass is 241 g/mol. The third kappa shape index (κ3) is 3.94. The molecular weight excluding hydrogens is 214 g/mol. The second-order valence-electron chi connectivity index (χ2n) is 6.76. The Morgan fingerprint density at radius 2 is 1.24 bits per heavy atom. The molecule has 2 unspecified atom stereocenters. The molecule has 2 heterocycles. The Balaban J connectivity index is 1.84. The molecule has 0 amide bonds. The van der Waals surface area contributed by atoms with Crippen LogP contribution < -0.4 is 5.32 Å². The molecule has 0 aliphatic carbocycles. The molecule has 0 aromatic carbocycles. The summed E-state index contributed by atoms with van der Waals surface area (Å²) >= 11 is 0. The van der Waals surface area contributed by atoms with Crippen LogP contribution in [0.2, 0.25) is 0 Å². The van der Waals surface area contributed by atoms with E-state index in [0.29, 0.717) is 12.1 Å². The zero-order chi connectivity index (χ0) is 12.5. The summed E-state index contributed by atoms with van der Waals surface area (Å²) in [5, 5.41) is 3.81. The smallest absolute Gasteiger partial charge is 0.0641 e. The topological polar surface area (TPSA) is 30.5 Å². The van der Waals surface area contributed by atoms with Gasteiger partial charge in [0.25, 0.3) is 0 Å². The molecule has 3 heteroatoms. The Morgan fingerprint density at radius 3 is 1.59 bits per heavy atom. The zero-order valence-corrected chi connectivity index (χ0v) is 11.7. The van der Waals surface area contributed by atoms with E-state index in [0.717, 1.165) is 38.9 Å². The van der Waals surface area contributed by atoms with Crippen molar-refractivity contribution in [2.24, 2.45) is 0 Å². The van der Waals surface area contributed by atoms with Gasteiger partial charge in [-0.2, -0.15) is 0 Å². The number of hydrogen-bond acceptors (Lipinski definition) is 3. The van der Waals surface area contributed by atoms with Crippen LogP contribution in [0.25, 0.3) is 0 Å². The van der Waals surface area contributed by atoms with Gasteiger partial charge in [-0.05, 0) is 53.4 Å². The first-order valence-electron chi connectivity index (χ1n) is 6.90. The first-order valence-corrected chi connectivity index (χ1v) is 6.90. The molecule has 100 valence electrons.